The monoisotopic (exact) mass is 473 g/mol. The molecular weight excluding hydrogens is 450 g/mol. The fourth-order valence-electron chi connectivity index (χ4n) is 3.21. The van der Waals surface area contributed by atoms with Crippen molar-refractivity contribution in [1.82, 2.24) is 15.8 Å². The van der Waals surface area contributed by atoms with Crippen LogP contribution in [0.15, 0.2) is 42.5 Å². The number of benzene rings is 2. The third-order valence-electron chi connectivity index (χ3n) is 5.40. The second-order valence-electron chi connectivity index (χ2n) is 7.84. The van der Waals surface area contributed by atoms with Gasteiger partial charge in [0, 0.05) is 18.0 Å². The number of carbonyl (C=O) groups excluding carboxylic acids is 3. The molecule has 9 nitrogen and oxygen atoms in total. The topological polar surface area (TPSA) is 136 Å². The van der Waals surface area contributed by atoms with Crippen molar-refractivity contribution >= 4 is 35.3 Å². The zero-order chi connectivity index (χ0) is 24.1. The predicted molar refractivity (Wildman–Crippen MR) is 119 cm³/mol. The van der Waals surface area contributed by atoms with Crippen LogP contribution < -0.4 is 10.7 Å². The van der Waals surface area contributed by atoms with Gasteiger partial charge in [0.25, 0.3) is 11.8 Å². The van der Waals surface area contributed by atoms with E-state index in [1.807, 2.05) is 0 Å². The van der Waals surface area contributed by atoms with Crippen molar-refractivity contribution in [2.45, 2.75) is 38.8 Å². The molecule has 0 saturated heterocycles. The van der Waals surface area contributed by atoms with Gasteiger partial charge in [-0.05, 0) is 55.7 Å². The molecule has 10 heteroatoms. The Labute approximate surface area is 195 Å². The normalized spacial score (nSPS) is 14.1. The van der Waals surface area contributed by atoms with Gasteiger partial charge in [-0.1, -0.05) is 30.2 Å². The van der Waals surface area contributed by atoms with Crippen molar-refractivity contribution in [3.63, 3.8) is 0 Å². The third kappa shape index (κ3) is 5.88. The maximum Gasteiger partial charge on any atom is 0.322 e. The molecule has 3 rings (SSSR count). The highest BCUT2D eigenvalue weighted by molar-refractivity contribution is 6.34. The lowest BCUT2D eigenvalue weighted by Gasteiger charge is -2.31. The Kier molecular flexibility index (Phi) is 7.67. The minimum absolute atomic E-state index is 0.0426. The molecule has 0 spiro atoms. The molecule has 174 valence electrons. The summed E-state index contributed by atoms with van der Waals surface area (Å²) in [6, 6.07) is 9.28. The highest BCUT2D eigenvalue weighted by atomic mass is 35.5. The molecule has 0 unspecified atom stereocenters. The molecule has 0 aromatic heterocycles. The number of hydrazine groups is 1. The van der Waals surface area contributed by atoms with Crippen LogP contribution >= 0.6 is 11.6 Å². The summed E-state index contributed by atoms with van der Waals surface area (Å²) in [5, 5.41) is 22.0. The van der Waals surface area contributed by atoms with Crippen molar-refractivity contribution in [3.05, 3.63) is 64.2 Å². The summed E-state index contributed by atoms with van der Waals surface area (Å²) in [5.74, 6) is -3.25. The molecule has 2 aromatic rings. The second kappa shape index (κ2) is 10.5. The Morgan fingerprint density at radius 3 is 2.45 bits per heavy atom. The van der Waals surface area contributed by atoms with Crippen molar-refractivity contribution in [1.29, 1.82) is 0 Å². The van der Waals surface area contributed by atoms with Crippen LogP contribution in [0.25, 0.3) is 0 Å². The minimum atomic E-state index is -1.22. The molecule has 0 heterocycles. The van der Waals surface area contributed by atoms with E-state index in [0.717, 1.165) is 6.42 Å². The Balaban J connectivity index is 1.75. The molecule has 33 heavy (non-hydrogen) atoms. The summed E-state index contributed by atoms with van der Waals surface area (Å²) in [4.78, 5) is 49.5. The highest BCUT2D eigenvalue weighted by Crippen LogP contribution is 2.29. The Hall–Kier alpha value is -3.43. The average molecular weight is 474 g/mol. The van der Waals surface area contributed by atoms with Crippen LogP contribution in [0.1, 0.15) is 52.5 Å². The first-order valence-corrected chi connectivity index (χ1v) is 10.8. The number of phenolic OH excluding ortho intramolecular Hbond substituents is 1. The molecule has 0 aliphatic heterocycles. The van der Waals surface area contributed by atoms with Gasteiger partial charge in [0.2, 0.25) is 5.91 Å². The number of aliphatic carboxylic acids is 1. The van der Waals surface area contributed by atoms with E-state index in [2.05, 4.69) is 10.7 Å². The summed E-state index contributed by atoms with van der Waals surface area (Å²) >= 11 is 6.27. The van der Waals surface area contributed by atoms with Crippen LogP contribution in [0.2, 0.25) is 5.02 Å². The maximum atomic E-state index is 13.1. The number of rotatable bonds is 8. The van der Waals surface area contributed by atoms with Gasteiger partial charge in [0.15, 0.2) is 0 Å². The fourth-order valence-corrected chi connectivity index (χ4v) is 3.47. The molecule has 1 aliphatic rings. The van der Waals surface area contributed by atoms with Gasteiger partial charge in [-0.3, -0.25) is 19.2 Å². The fraction of sp³-hybridized carbons (Fsp3) is 0.304. The molecule has 1 saturated carbocycles. The lowest BCUT2D eigenvalue weighted by Crippen LogP contribution is -2.55. The molecule has 4 N–H and O–H groups in total. The Morgan fingerprint density at radius 1 is 1.15 bits per heavy atom. The molecule has 1 atom stereocenters. The highest BCUT2D eigenvalue weighted by Gasteiger charge is 2.35. The van der Waals surface area contributed by atoms with Crippen molar-refractivity contribution in [2.24, 2.45) is 5.92 Å². The van der Waals surface area contributed by atoms with E-state index in [1.165, 1.54) is 37.3 Å². The number of imide groups is 1. The summed E-state index contributed by atoms with van der Waals surface area (Å²) < 4.78 is 0. The van der Waals surface area contributed by atoms with Crippen molar-refractivity contribution < 1.29 is 29.4 Å². The molecule has 1 fully saturated rings. The van der Waals surface area contributed by atoms with Crippen LogP contribution in [0.3, 0.4) is 0 Å². The van der Waals surface area contributed by atoms with Crippen molar-refractivity contribution in [3.8, 4) is 5.75 Å². The maximum absolute atomic E-state index is 13.1. The average Bonchev–Trinajstić information content (AvgIpc) is 2.73. The molecule has 0 radical (unpaired) electrons. The van der Waals surface area contributed by atoms with E-state index in [4.69, 9.17) is 11.6 Å². The smallest absolute Gasteiger partial charge is 0.322 e. The van der Waals surface area contributed by atoms with Gasteiger partial charge < -0.3 is 15.5 Å². The Morgan fingerprint density at radius 2 is 1.88 bits per heavy atom. The number of amides is 3. The number of carboxylic acid groups (broad SMARTS) is 1. The molecule has 2 aromatic carbocycles. The third-order valence-corrected chi connectivity index (χ3v) is 5.71. The van der Waals surface area contributed by atoms with E-state index in [9.17, 15) is 29.4 Å². The van der Waals surface area contributed by atoms with Crippen LogP contribution in [0, 0.1) is 5.92 Å². The molecular formula is C23H24ClN3O6. The number of phenols is 1. The Bertz CT molecular complexity index is 1090. The van der Waals surface area contributed by atoms with Gasteiger partial charge >= 0.3 is 5.97 Å². The second-order valence-corrected chi connectivity index (χ2v) is 8.25. The molecule has 3 amide bonds. The van der Waals surface area contributed by atoms with Gasteiger partial charge in [-0.25, -0.2) is 10.4 Å². The number of carboxylic acids is 1. The van der Waals surface area contributed by atoms with Crippen LogP contribution in [-0.4, -0.2) is 45.0 Å². The SMILES string of the molecule is C[C@H](NN(C(=O)c1ccc(C(=O)NCc2cccc(O)c2)cc1Cl)C(=O)C1CCC1)C(=O)O. The first kappa shape index (κ1) is 24.2. The summed E-state index contributed by atoms with van der Waals surface area (Å²) in [6.07, 6.45) is 2.11. The minimum Gasteiger partial charge on any atom is -0.508 e. The summed E-state index contributed by atoms with van der Waals surface area (Å²) in [7, 11) is 0. The number of nitrogens with one attached hydrogen (secondary N) is 2. The number of hydrogen-bond acceptors (Lipinski definition) is 6. The number of carbonyl (C=O) groups is 4. The van der Waals surface area contributed by atoms with Crippen molar-refractivity contribution in [2.75, 3.05) is 0 Å². The summed E-state index contributed by atoms with van der Waals surface area (Å²) in [5.41, 5.74) is 3.30. The van der Waals surface area contributed by atoms with Gasteiger partial charge in [0.1, 0.15) is 11.8 Å². The van der Waals surface area contributed by atoms with Crippen LogP contribution in [0.4, 0.5) is 0 Å². The number of nitrogens with zero attached hydrogens (tertiary/aromatic N) is 1. The summed E-state index contributed by atoms with van der Waals surface area (Å²) in [6.45, 7) is 1.49. The van der Waals surface area contributed by atoms with E-state index in [-0.39, 0.29) is 34.4 Å². The lowest BCUT2D eigenvalue weighted by atomic mass is 9.84. The van der Waals surface area contributed by atoms with E-state index in [1.54, 1.807) is 12.1 Å². The van der Waals surface area contributed by atoms with Crippen LogP contribution in [-0.2, 0) is 16.1 Å². The van der Waals surface area contributed by atoms with Gasteiger partial charge in [0.05, 0.1) is 10.6 Å². The van der Waals surface area contributed by atoms with E-state index >= 15 is 0 Å². The van der Waals surface area contributed by atoms with Gasteiger partial charge in [-0.2, -0.15) is 0 Å². The standard InChI is InChI=1S/C23H24ClN3O6/c1-13(23(32)33)26-27(21(30)15-5-3-6-15)22(31)18-9-8-16(11-19(18)24)20(29)25-12-14-4-2-7-17(28)10-14/h2,4,7-11,13,15,26,28H,3,5-6,12H2,1H3,(H,25,29)(H,32,33)/t13-/m0/s1. The molecule has 0 bridgehead atoms. The number of aromatic hydroxyl groups is 1. The van der Waals surface area contributed by atoms with Gasteiger partial charge in [-0.15, -0.1) is 0 Å². The van der Waals surface area contributed by atoms with E-state index < -0.39 is 29.7 Å². The lowest BCUT2D eigenvalue weighted by molar-refractivity contribution is -0.144. The van der Waals surface area contributed by atoms with Crippen LogP contribution in [0.5, 0.6) is 5.75 Å². The zero-order valence-electron chi connectivity index (χ0n) is 17.9. The first-order chi connectivity index (χ1) is 15.7. The first-order valence-electron chi connectivity index (χ1n) is 10.4. The zero-order valence-corrected chi connectivity index (χ0v) is 18.6. The quantitative estimate of drug-likeness (QED) is 0.342. The van der Waals surface area contributed by atoms with E-state index in [0.29, 0.717) is 23.4 Å². The predicted octanol–water partition coefficient (Wildman–Crippen LogP) is 2.72. The number of halogens is 1. The number of hydrogen-bond donors (Lipinski definition) is 4. The largest absolute Gasteiger partial charge is 0.508 e. The molecule has 1 aliphatic carbocycles.